The SMILES string of the molecule is Cc1ccc(S(=O)(=O)NC(C)C)c(C2(O)C=C3CCc4ccc(cc4)CCC2=CC3(O)c2cc(C)ccc2S(=O)(=O)NC(C)C)c1. The summed E-state index contributed by atoms with van der Waals surface area (Å²) in [4.78, 5) is -0.117. The van der Waals surface area contributed by atoms with Crippen LogP contribution in [0.15, 0.2) is 93.8 Å². The van der Waals surface area contributed by atoms with Gasteiger partial charge in [-0.25, -0.2) is 26.3 Å². The van der Waals surface area contributed by atoms with Crippen molar-refractivity contribution in [2.75, 3.05) is 0 Å². The van der Waals surface area contributed by atoms with Crippen molar-refractivity contribution in [3.63, 3.8) is 0 Å². The van der Waals surface area contributed by atoms with E-state index in [1.165, 1.54) is 12.1 Å². The van der Waals surface area contributed by atoms with Crippen LogP contribution in [0.5, 0.6) is 0 Å². The van der Waals surface area contributed by atoms with Gasteiger partial charge in [-0.05, 0) is 114 Å². The Morgan fingerprint density at radius 1 is 0.587 bits per heavy atom. The van der Waals surface area contributed by atoms with Crippen molar-refractivity contribution in [1.29, 1.82) is 0 Å². The molecule has 0 aliphatic heterocycles. The molecule has 10 heteroatoms. The zero-order valence-corrected chi connectivity index (χ0v) is 28.9. The summed E-state index contributed by atoms with van der Waals surface area (Å²) >= 11 is 0. The van der Waals surface area contributed by atoms with Crippen molar-refractivity contribution >= 4 is 20.0 Å². The molecule has 0 heterocycles. The molecule has 8 nitrogen and oxygen atoms in total. The van der Waals surface area contributed by atoms with Gasteiger partial charge in [-0.2, -0.15) is 0 Å². The van der Waals surface area contributed by atoms with Crippen LogP contribution >= 0.6 is 0 Å². The second-order valence-corrected chi connectivity index (χ2v) is 16.6. The van der Waals surface area contributed by atoms with Crippen LogP contribution in [0.3, 0.4) is 0 Å². The zero-order chi connectivity index (χ0) is 33.7. The number of rotatable bonds is 8. The van der Waals surface area contributed by atoms with Gasteiger partial charge in [0.2, 0.25) is 20.0 Å². The highest BCUT2D eigenvalue weighted by Crippen LogP contribution is 2.50. The van der Waals surface area contributed by atoms with Crippen LogP contribution in [-0.4, -0.2) is 39.1 Å². The van der Waals surface area contributed by atoms with E-state index in [0.29, 0.717) is 24.0 Å². The minimum atomic E-state index is -4.04. The van der Waals surface area contributed by atoms with E-state index in [1.54, 1.807) is 64.1 Å². The summed E-state index contributed by atoms with van der Waals surface area (Å²) in [6.07, 6.45) is 4.66. The third-order valence-corrected chi connectivity index (χ3v) is 12.0. The molecule has 46 heavy (non-hydrogen) atoms. The number of nitrogens with one attached hydrogen (secondary N) is 2. The molecule has 0 saturated heterocycles. The fraction of sp³-hybridized carbons (Fsp3) is 0.389. The maximum absolute atomic E-state index is 13.7. The Morgan fingerprint density at radius 3 is 1.26 bits per heavy atom. The lowest BCUT2D eigenvalue weighted by atomic mass is 9.69. The molecular formula is C36H44N2O6S2. The minimum Gasteiger partial charge on any atom is -0.377 e. The van der Waals surface area contributed by atoms with Crippen LogP contribution in [0.4, 0.5) is 0 Å². The highest BCUT2D eigenvalue weighted by Gasteiger charge is 2.47. The van der Waals surface area contributed by atoms with Crippen molar-refractivity contribution in [1.82, 2.24) is 9.44 Å². The van der Waals surface area contributed by atoms with Gasteiger partial charge in [-0.1, -0.05) is 59.7 Å². The molecule has 0 spiro atoms. The first-order chi connectivity index (χ1) is 21.4. The Labute approximate surface area is 273 Å². The molecule has 246 valence electrons. The molecule has 0 radical (unpaired) electrons. The van der Waals surface area contributed by atoms with E-state index >= 15 is 0 Å². The lowest BCUT2D eigenvalue weighted by Gasteiger charge is -2.42. The van der Waals surface area contributed by atoms with Crippen molar-refractivity contribution < 1.29 is 27.0 Å². The van der Waals surface area contributed by atoms with Gasteiger partial charge in [0, 0.05) is 23.2 Å². The fourth-order valence-electron chi connectivity index (χ4n) is 6.47. The molecule has 5 aliphatic carbocycles. The number of aryl methyl sites for hydroxylation is 4. The maximum atomic E-state index is 13.7. The van der Waals surface area contributed by atoms with Gasteiger partial charge < -0.3 is 10.2 Å². The summed E-state index contributed by atoms with van der Waals surface area (Å²) in [5.41, 5.74) is 0.819. The molecule has 0 amide bonds. The lowest BCUT2D eigenvalue weighted by Crippen LogP contribution is -2.41. The van der Waals surface area contributed by atoms with E-state index in [-0.39, 0.29) is 45.8 Å². The van der Waals surface area contributed by atoms with Gasteiger partial charge in [-0.15, -0.1) is 0 Å². The second-order valence-electron chi connectivity index (χ2n) is 13.2. The van der Waals surface area contributed by atoms with Gasteiger partial charge in [0.15, 0.2) is 0 Å². The highest BCUT2D eigenvalue weighted by molar-refractivity contribution is 7.89. The lowest BCUT2D eigenvalue weighted by molar-refractivity contribution is 0.0779. The van der Waals surface area contributed by atoms with E-state index in [1.807, 2.05) is 38.1 Å². The molecule has 3 aromatic rings. The van der Waals surface area contributed by atoms with E-state index in [4.69, 9.17) is 0 Å². The van der Waals surface area contributed by atoms with Crippen LogP contribution in [-0.2, 0) is 44.1 Å². The molecule has 2 unspecified atom stereocenters. The number of aliphatic hydroxyl groups is 2. The monoisotopic (exact) mass is 664 g/mol. The molecule has 0 saturated carbocycles. The Kier molecular flexibility index (Phi) is 9.29. The van der Waals surface area contributed by atoms with Gasteiger partial charge >= 0.3 is 0 Å². The predicted octanol–water partition coefficient (Wildman–Crippen LogP) is 5.20. The van der Waals surface area contributed by atoms with Gasteiger partial charge in [0.1, 0.15) is 11.2 Å². The Hall–Kier alpha value is -3.12. The zero-order valence-electron chi connectivity index (χ0n) is 27.3. The Balaban J connectivity index is 1.82. The molecule has 8 rings (SSSR count). The highest BCUT2D eigenvalue weighted by atomic mass is 32.2. The number of hydrogen-bond donors (Lipinski definition) is 4. The summed E-state index contributed by atoms with van der Waals surface area (Å²) < 4.78 is 60.0. The molecule has 3 aromatic carbocycles. The average molecular weight is 665 g/mol. The summed E-state index contributed by atoms with van der Waals surface area (Å²) in [5.74, 6) is 0. The summed E-state index contributed by atoms with van der Waals surface area (Å²) in [6.45, 7) is 10.6. The van der Waals surface area contributed by atoms with E-state index in [0.717, 1.165) is 22.3 Å². The first-order valence-corrected chi connectivity index (χ1v) is 18.6. The predicted molar refractivity (Wildman–Crippen MR) is 180 cm³/mol. The van der Waals surface area contributed by atoms with E-state index in [2.05, 4.69) is 9.44 Å². The quantitative estimate of drug-likeness (QED) is 0.245. The van der Waals surface area contributed by atoms with Crippen LogP contribution in [0.1, 0.15) is 73.9 Å². The van der Waals surface area contributed by atoms with Crippen molar-refractivity contribution in [3.8, 4) is 0 Å². The third-order valence-electron chi connectivity index (χ3n) is 8.59. The second kappa shape index (κ2) is 12.5. The van der Waals surface area contributed by atoms with Crippen molar-refractivity contribution in [2.24, 2.45) is 0 Å². The summed E-state index contributed by atoms with van der Waals surface area (Å²) in [7, 11) is -8.08. The van der Waals surface area contributed by atoms with Crippen molar-refractivity contribution in [3.05, 3.63) is 117 Å². The standard InChI is InChI=1S/C36H44N2O6S2/c1-23(2)37-45(41,42)33-17-7-25(5)19-31(33)35(39)21-30-16-14-28-11-9-27(10-12-28)13-15-29(35)22-36(30,40)32-20-26(6)8-18-34(32)46(43,44)38-24(3)4/h7-12,17-24,37-40H,13-16H2,1-6H3. The van der Waals surface area contributed by atoms with Crippen LogP contribution in [0.2, 0.25) is 0 Å². The fourth-order valence-corrected chi connectivity index (χ4v) is 9.46. The molecule has 4 N–H and O–H groups in total. The molecule has 0 fully saturated rings. The smallest absolute Gasteiger partial charge is 0.241 e. The molecular weight excluding hydrogens is 621 g/mol. The van der Waals surface area contributed by atoms with E-state index in [9.17, 15) is 27.0 Å². The van der Waals surface area contributed by atoms with Crippen LogP contribution in [0.25, 0.3) is 0 Å². The number of benzene rings is 3. The summed E-state index contributed by atoms with van der Waals surface area (Å²) in [5, 5.41) is 25.7. The number of hydrogen-bond acceptors (Lipinski definition) is 6. The molecule has 2 atom stereocenters. The largest absolute Gasteiger partial charge is 0.377 e. The first-order valence-electron chi connectivity index (χ1n) is 15.7. The Bertz CT molecular complexity index is 1790. The molecule has 5 aliphatic rings. The normalized spacial score (nSPS) is 22.0. The molecule has 4 bridgehead atoms. The molecule has 0 aromatic heterocycles. The van der Waals surface area contributed by atoms with Gasteiger partial charge in [0.05, 0.1) is 9.79 Å². The van der Waals surface area contributed by atoms with Crippen molar-refractivity contribution in [2.45, 2.75) is 100 Å². The summed E-state index contributed by atoms with van der Waals surface area (Å²) in [6, 6.07) is 17.2. The van der Waals surface area contributed by atoms with Gasteiger partial charge in [0.25, 0.3) is 0 Å². The van der Waals surface area contributed by atoms with Crippen LogP contribution in [0, 0.1) is 13.8 Å². The van der Waals surface area contributed by atoms with E-state index < -0.39 is 31.2 Å². The van der Waals surface area contributed by atoms with Gasteiger partial charge in [-0.3, -0.25) is 0 Å². The topological polar surface area (TPSA) is 133 Å². The van der Waals surface area contributed by atoms with Crippen LogP contribution < -0.4 is 9.44 Å². The minimum absolute atomic E-state index is 0.0587. The number of sulfonamides is 2. The Morgan fingerprint density at radius 2 is 0.935 bits per heavy atom. The average Bonchev–Trinajstić information content (AvgIpc) is 2.94. The first kappa shape index (κ1) is 34.2. The third kappa shape index (κ3) is 6.65. The maximum Gasteiger partial charge on any atom is 0.241 e.